The molecule has 0 heterocycles. The molecule has 4 aromatic rings. The number of hydrogen-bond donors (Lipinski definition) is 1. The number of amides is 1. The van der Waals surface area contributed by atoms with Crippen molar-refractivity contribution >= 4 is 11.6 Å². The Hall–Kier alpha value is -3.69. The molecular formula is C31H32N2O. The first kappa shape index (κ1) is 23.5. The molecule has 0 aromatic heterocycles. The maximum absolute atomic E-state index is 13.8. The molecular weight excluding hydrogens is 416 g/mol. The minimum absolute atomic E-state index is 0.0321. The van der Waals surface area contributed by atoms with Crippen LogP contribution >= 0.6 is 0 Å². The summed E-state index contributed by atoms with van der Waals surface area (Å²) in [7, 11) is 0. The molecule has 34 heavy (non-hydrogen) atoms. The van der Waals surface area contributed by atoms with E-state index in [2.05, 4.69) is 60.5 Å². The van der Waals surface area contributed by atoms with E-state index in [-0.39, 0.29) is 5.91 Å². The van der Waals surface area contributed by atoms with Crippen molar-refractivity contribution in [3.63, 3.8) is 0 Å². The summed E-state index contributed by atoms with van der Waals surface area (Å²) in [6, 6.07) is 38.5. The molecule has 0 saturated heterocycles. The molecule has 0 bridgehead atoms. The van der Waals surface area contributed by atoms with E-state index in [1.165, 1.54) is 16.7 Å². The summed E-state index contributed by atoms with van der Waals surface area (Å²) in [5.41, 5.74) is 5.40. The summed E-state index contributed by atoms with van der Waals surface area (Å²) < 4.78 is 0. The highest BCUT2D eigenvalue weighted by molar-refractivity contribution is 5.95. The first-order valence-electron chi connectivity index (χ1n) is 11.9. The Morgan fingerprint density at radius 2 is 1.12 bits per heavy atom. The first-order chi connectivity index (χ1) is 16.6. The van der Waals surface area contributed by atoms with Gasteiger partial charge in [-0.15, -0.1) is 0 Å². The lowest BCUT2D eigenvalue weighted by Crippen LogP contribution is -2.36. The first-order valence-corrected chi connectivity index (χ1v) is 11.9. The third-order valence-corrected chi connectivity index (χ3v) is 6.03. The molecule has 0 aliphatic heterocycles. The fraction of sp³-hybridized carbons (Fsp3) is 0.194. The van der Waals surface area contributed by atoms with Crippen molar-refractivity contribution in [3.8, 4) is 0 Å². The smallest absolute Gasteiger partial charge is 0.246 e. The number of hydrogen-bond acceptors (Lipinski definition) is 2. The molecule has 4 rings (SSSR count). The van der Waals surface area contributed by atoms with Crippen molar-refractivity contribution in [1.82, 2.24) is 4.90 Å². The van der Waals surface area contributed by atoms with Gasteiger partial charge in [-0.25, -0.2) is 0 Å². The summed E-state index contributed by atoms with van der Waals surface area (Å²) in [5, 5.41) is 3.18. The lowest BCUT2D eigenvalue weighted by molar-refractivity contribution is -0.122. The normalized spacial score (nSPS) is 12.0. The maximum Gasteiger partial charge on any atom is 0.246 e. The highest BCUT2D eigenvalue weighted by Gasteiger charge is 2.28. The van der Waals surface area contributed by atoms with E-state index < -0.39 is 6.04 Å². The van der Waals surface area contributed by atoms with Crippen molar-refractivity contribution in [2.24, 2.45) is 0 Å². The SMILES string of the molecule is CC(C)c1ccc(NC(=O)[C@@H](c2ccccc2)N(Cc2ccccc2)Cc2ccccc2)cc1. The van der Waals surface area contributed by atoms with Crippen molar-refractivity contribution in [1.29, 1.82) is 0 Å². The molecule has 0 radical (unpaired) electrons. The molecule has 0 aliphatic carbocycles. The summed E-state index contributed by atoms with van der Waals surface area (Å²) >= 11 is 0. The molecule has 1 N–H and O–H groups in total. The predicted molar refractivity (Wildman–Crippen MR) is 140 cm³/mol. The van der Waals surface area contributed by atoms with Gasteiger partial charge in [0.25, 0.3) is 0 Å². The standard InChI is InChI=1S/C31H32N2O/c1-24(2)27-18-20-29(21-19-27)32-31(34)30(28-16-10-5-11-17-28)33(22-25-12-6-3-7-13-25)23-26-14-8-4-9-15-26/h3-21,24,30H,22-23H2,1-2H3,(H,32,34)/t30-/m1/s1. The van der Waals surface area contributed by atoms with Crippen molar-refractivity contribution in [3.05, 3.63) is 138 Å². The fourth-order valence-electron chi connectivity index (χ4n) is 4.20. The molecule has 1 amide bonds. The van der Waals surface area contributed by atoms with Crippen LogP contribution in [0.25, 0.3) is 0 Å². The number of carbonyl (C=O) groups is 1. The van der Waals surface area contributed by atoms with Crippen molar-refractivity contribution in [2.45, 2.75) is 38.9 Å². The van der Waals surface area contributed by atoms with E-state index in [0.29, 0.717) is 19.0 Å². The van der Waals surface area contributed by atoms with E-state index in [0.717, 1.165) is 11.3 Å². The molecule has 0 fully saturated rings. The van der Waals surface area contributed by atoms with Crippen LogP contribution in [0.1, 0.15) is 48.1 Å². The Labute approximate surface area is 203 Å². The van der Waals surface area contributed by atoms with E-state index in [9.17, 15) is 4.79 Å². The molecule has 0 unspecified atom stereocenters. The van der Waals surface area contributed by atoms with E-state index >= 15 is 0 Å². The van der Waals surface area contributed by atoms with Gasteiger partial charge in [0, 0.05) is 18.8 Å². The van der Waals surface area contributed by atoms with E-state index in [4.69, 9.17) is 0 Å². The second kappa shape index (κ2) is 11.4. The van der Waals surface area contributed by atoms with Gasteiger partial charge in [0.2, 0.25) is 5.91 Å². The summed E-state index contributed by atoms with van der Waals surface area (Å²) in [6.45, 7) is 5.66. The number of anilines is 1. The highest BCUT2D eigenvalue weighted by Crippen LogP contribution is 2.27. The second-order valence-electron chi connectivity index (χ2n) is 8.96. The van der Waals surface area contributed by atoms with Crippen LogP contribution in [0.15, 0.2) is 115 Å². The third-order valence-electron chi connectivity index (χ3n) is 6.03. The Balaban J connectivity index is 1.67. The van der Waals surface area contributed by atoms with Crippen LogP contribution in [0.3, 0.4) is 0 Å². The minimum atomic E-state index is -0.439. The Kier molecular flexibility index (Phi) is 7.90. The van der Waals surface area contributed by atoms with E-state index in [1.54, 1.807) is 0 Å². The van der Waals surface area contributed by atoms with Gasteiger partial charge in [0.1, 0.15) is 6.04 Å². The van der Waals surface area contributed by atoms with Gasteiger partial charge < -0.3 is 5.32 Å². The monoisotopic (exact) mass is 448 g/mol. The molecule has 1 atom stereocenters. The van der Waals surface area contributed by atoms with Crippen LogP contribution in [-0.4, -0.2) is 10.8 Å². The van der Waals surface area contributed by atoms with Crippen LogP contribution in [0.4, 0.5) is 5.69 Å². The van der Waals surface area contributed by atoms with Gasteiger partial charge in [-0.3, -0.25) is 9.69 Å². The zero-order chi connectivity index (χ0) is 23.8. The predicted octanol–water partition coefficient (Wildman–Crippen LogP) is 7.19. The molecule has 3 heteroatoms. The quantitative estimate of drug-likeness (QED) is 0.294. The number of carbonyl (C=O) groups excluding carboxylic acids is 1. The summed E-state index contributed by atoms with van der Waals surface area (Å²) in [4.78, 5) is 16.0. The molecule has 0 spiro atoms. The van der Waals surface area contributed by atoms with Crippen molar-refractivity contribution < 1.29 is 4.79 Å². The average Bonchev–Trinajstić information content (AvgIpc) is 2.86. The lowest BCUT2D eigenvalue weighted by atomic mass is 10.0. The number of rotatable bonds is 9. The van der Waals surface area contributed by atoms with E-state index in [1.807, 2.05) is 78.9 Å². The van der Waals surface area contributed by atoms with Crippen LogP contribution in [0, 0.1) is 0 Å². The summed E-state index contributed by atoms with van der Waals surface area (Å²) in [6.07, 6.45) is 0. The Morgan fingerprint density at radius 1 is 0.647 bits per heavy atom. The van der Waals surface area contributed by atoms with Gasteiger partial charge >= 0.3 is 0 Å². The third kappa shape index (κ3) is 6.21. The van der Waals surface area contributed by atoms with Crippen LogP contribution in [0.2, 0.25) is 0 Å². The molecule has 0 saturated carbocycles. The highest BCUT2D eigenvalue weighted by atomic mass is 16.2. The molecule has 4 aromatic carbocycles. The Morgan fingerprint density at radius 3 is 1.59 bits per heavy atom. The van der Waals surface area contributed by atoms with Gasteiger partial charge in [0.15, 0.2) is 0 Å². The summed E-state index contributed by atoms with van der Waals surface area (Å²) in [5.74, 6) is 0.421. The largest absolute Gasteiger partial charge is 0.324 e. The molecule has 172 valence electrons. The second-order valence-corrected chi connectivity index (χ2v) is 8.96. The minimum Gasteiger partial charge on any atom is -0.324 e. The number of benzene rings is 4. The van der Waals surface area contributed by atoms with Crippen LogP contribution in [-0.2, 0) is 17.9 Å². The Bertz CT molecular complexity index is 1110. The zero-order valence-corrected chi connectivity index (χ0v) is 19.9. The van der Waals surface area contributed by atoms with Crippen LogP contribution < -0.4 is 5.32 Å². The number of nitrogens with one attached hydrogen (secondary N) is 1. The van der Waals surface area contributed by atoms with Gasteiger partial charge in [-0.2, -0.15) is 0 Å². The lowest BCUT2D eigenvalue weighted by Gasteiger charge is -2.31. The van der Waals surface area contributed by atoms with Crippen molar-refractivity contribution in [2.75, 3.05) is 5.32 Å². The average molecular weight is 449 g/mol. The van der Waals surface area contributed by atoms with Gasteiger partial charge in [0.05, 0.1) is 0 Å². The van der Waals surface area contributed by atoms with Gasteiger partial charge in [-0.1, -0.05) is 117 Å². The zero-order valence-electron chi connectivity index (χ0n) is 19.9. The fourth-order valence-corrected chi connectivity index (χ4v) is 4.20. The topological polar surface area (TPSA) is 32.3 Å². The van der Waals surface area contributed by atoms with Crippen LogP contribution in [0.5, 0.6) is 0 Å². The maximum atomic E-state index is 13.8. The molecule has 3 nitrogen and oxygen atoms in total. The molecule has 0 aliphatic rings. The number of nitrogens with zero attached hydrogens (tertiary/aromatic N) is 1. The van der Waals surface area contributed by atoms with Gasteiger partial charge in [-0.05, 0) is 40.3 Å².